The second-order valence-corrected chi connectivity index (χ2v) is 13.7. The van der Waals surface area contributed by atoms with Crippen molar-refractivity contribution in [2.75, 3.05) is 0 Å². The summed E-state index contributed by atoms with van der Waals surface area (Å²) in [5, 5.41) is 13.4. The summed E-state index contributed by atoms with van der Waals surface area (Å²) in [5.74, 6) is 0.213. The number of nitriles is 1. The van der Waals surface area contributed by atoms with E-state index < -0.39 is 0 Å². The van der Waals surface area contributed by atoms with E-state index in [0.29, 0.717) is 5.56 Å². The fourth-order valence-electron chi connectivity index (χ4n) is 8.23. The highest BCUT2D eigenvalue weighted by molar-refractivity contribution is 6.09. The van der Waals surface area contributed by atoms with Gasteiger partial charge in [-0.1, -0.05) is 109 Å². The van der Waals surface area contributed by atoms with Crippen molar-refractivity contribution in [2.24, 2.45) is 0 Å². The Morgan fingerprint density at radius 3 is 1.90 bits per heavy atom. The van der Waals surface area contributed by atoms with Gasteiger partial charge in [-0.2, -0.15) is 5.26 Å². The number of para-hydroxylation sites is 2. The van der Waals surface area contributed by atoms with E-state index in [-0.39, 0.29) is 5.92 Å². The van der Waals surface area contributed by atoms with Gasteiger partial charge in [-0.25, -0.2) is 0 Å². The van der Waals surface area contributed by atoms with Crippen molar-refractivity contribution in [3.05, 3.63) is 198 Å². The number of allylic oxidation sites excluding steroid dienone is 1. The van der Waals surface area contributed by atoms with Crippen LogP contribution >= 0.6 is 0 Å². The van der Waals surface area contributed by atoms with Crippen LogP contribution in [0.1, 0.15) is 28.3 Å². The van der Waals surface area contributed by atoms with E-state index in [0.717, 1.165) is 28.7 Å². The van der Waals surface area contributed by atoms with Crippen LogP contribution < -0.4 is 0 Å². The molecule has 1 unspecified atom stereocenters. The minimum atomic E-state index is 0.213. The molecule has 9 aromatic rings. The second-order valence-electron chi connectivity index (χ2n) is 13.7. The molecular weight excluding hydrogens is 631 g/mol. The van der Waals surface area contributed by atoms with Gasteiger partial charge >= 0.3 is 0 Å². The molecule has 0 fully saturated rings. The van der Waals surface area contributed by atoms with E-state index in [4.69, 9.17) is 0 Å². The van der Waals surface area contributed by atoms with Crippen LogP contribution in [0, 0.1) is 11.3 Å². The topological polar surface area (TPSA) is 33.6 Å². The van der Waals surface area contributed by atoms with Crippen LogP contribution in [-0.4, -0.2) is 9.13 Å². The number of hydrogen-bond donors (Lipinski definition) is 0. The quantitative estimate of drug-likeness (QED) is 0.180. The molecule has 0 spiro atoms. The number of aromatic nitrogens is 2. The maximum absolute atomic E-state index is 9.77. The normalized spacial score (nSPS) is 13.8. The summed E-state index contributed by atoms with van der Waals surface area (Å²) < 4.78 is 4.73. The van der Waals surface area contributed by atoms with Crippen molar-refractivity contribution >= 4 is 38.8 Å². The molecule has 0 radical (unpaired) electrons. The molecule has 0 amide bonds. The van der Waals surface area contributed by atoms with Gasteiger partial charge in [0.1, 0.15) is 0 Å². The predicted molar refractivity (Wildman–Crippen MR) is 215 cm³/mol. The van der Waals surface area contributed by atoms with Crippen LogP contribution in [0.15, 0.2) is 176 Å². The number of nitrogens with zero attached hydrogens (tertiary/aromatic N) is 3. The molecule has 7 aromatic carbocycles. The second kappa shape index (κ2) is 12.2. The van der Waals surface area contributed by atoms with Crippen LogP contribution in [0.4, 0.5) is 0 Å². The van der Waals surface area contributed by atoms with Gasteiger partial charge in [-0.3, -0.25) is 0 Å². The van der Waals surface area contributed by atoms with Gasteiger partial charge in [0.05, 0.1) is 28.2 Å². The Morgan fingerprint density at radius 1 is 0.481 bits per heavy atom. The zero-order chi connectivity index (χ0) is 34.6. The highest BCUT2D eigenvalue weighted by Crippen LogP contribution is 2.41. The molecule has 0 N–H and O–H groups in total. The molecule has 0 saturated carbocycles. The first-order valence-corrected chi connectivity index (χ1v) is 17.8. The number of hydrogen-bond acceptors (Lipinski definition) is 1. The van der Waals surface area contributed by atoms with Gasteiger partial charge in [0, 0.05) is 39.1 Å². The van der Waals surface area contributed by atoms with Gasteiger partial charge in [-0.05, 0) is 113 Å². The Morgan fingerprint density at radius 2 is 1.12 bits per heavy atom. The molecule has 3 heteroatoms. The predicted octanol–water partition coefficient (Wildman–Crippen LogP) is 12.3. The number of rotatable bonds is 5. The van der Waals surface area contributed by atoms with Crippen molar-refractivity contribution in [3.63, 3.8) is 0 Å². The molecular formula is C49H33N3. The maximum atomic E-state index is 9.77. The summed E-state index contributed by atoms with van der Waals surface area (Å²) in [5.41, 5.74) is 15.1. The van der Waals surface area contributed by atoms with Crippen molar-refractivity contribution in [1.82, 2.24) is 9.13 Å². The molecule has 1 aliphatic carbocycles. The highest BCUT2D eigenvalue weighted by Gasteiger charge is 2.25. The largest absolute Gasteiger partial charge is 0.310 e. The number of fused-ring (bicyclic) bond motifs is 6. The Bertz CT molecular complexity index is 2860. The molecule has 10 rings (SSSR count). The fourth-order valence-corrected chi connectivity index (χ4v) is 8.23. The minimum absolute atomic E-state index is 0.213. The third kappa shape index (κ3) is 4.88. The molecule has 2 heterocycles. The lowest BCUT2D eigenvalue weighted by molar-refractivity contribution is 0.826. The molecule has 0 saturated heterocycles. The van der Waals surface area contributed by atoms with Crippen LogP contribution in [0.2, 0.25) is 0 Å². The van der Waals surface area contributed by atoms with Gasteiger partial charge in [0.25, 0.3) is 0 Å². The van der Waals surface area contributed by atoms with E-state index >= 15 is 0 Å². The Hall–Kier alpha value is -6.89. The smallest absolute Gasteiger partial charge is 0.0991 e. The lowest BCUT2D eigenvalue weighted by Gasteiger charge is -2.20. The monoisotopic (exact) mass is 663 g/mol. The van der Waals surface area contributed by atoms with E-state index in [9.17, 15) is 5.26 Å². The van der Waals surface area contributed by atoms with Crippen molar-refractivity contribution in [2.45, 2.75) is 12.3 Å². The van der Waals surface area contributed by atoms with Crippen LogP contribution in [0.25, 0.3) is 72.4 Å². The molecule has 1 atom stereocenters. The standard InChI is InChI=1S/C49H33N3/c50-32-33-18-25-47-43(28-33)45-31-39(22-27-49(45)51(47)40-14-5-2-6-15-40)38-21-26-48-44(30-38)42-16-7-8-17-46(42)52(48)41-23-19-35(20-24-41)37-13-9-12-36(29-37)34-10-3-1-4-11-34/h1-30,39H,31H2. The van der Waals surface area contributed by atoms with E-state index in [2.05, 4.69) is 191 Å². The highest BCUT2D eigenvalue weighted by atomic mass is 15.0. The summed E-state index contributed by atoms with van der Waals surface area (Å²) in [7, 11) is 0. The van der Waals surface area contributed by atoms with E-state index in [1.54, 1.807) is 0 Å². The minimum Gasteiger partial charge on any atom is -0.310 e. The zero-order valence-corrected chi connectivity index (χ0v) is 28.4. The Kier molecular flexibility index (Phi) is 7.01. The molecule has 52 heavy (non-hydrogen) atoms. The summed E-state index contributed by atoms with van der Waals surface area (Å²) >= 11 is 0. The van der Waals surface area contributed by atoms with Crippen LogP contribution in [-0.2, 0) is 6.42 Å². The first-order chi connectivity index (χ1) is 25.7. The molecule has 3 nitrogen and oxygen atoms in total. The zero-order valence-electron chi connectivity index (χ0n) is 28.4. The summed E-state index contributed by atoms with van der Waals surface area (Å²) in [6, 6.07) is 63.0. The van der Waals surface area contributed by atoms with Gasteiger partial charge in [0.15, 0.2) is 0 Å². The first-order valence-electron chi connectivity index (χ1n) is 17.8. The van der Waals surface area contributed by atoms with Gasteiger partial charge < -0.3 is 9.13 Å². The summed E-state index contributed by atoms with van der Waals surface area (Å²) in [4.78, 5) is 0. The first kappa shape index (κ1) is 30.0. The fraction of sp³-hybridized carbons (Fsp3) is 0.0408. The SMILES string of the molecule is N#Cc1ccc2c(c1)c1c(n2-c2ccccc2)C=CC(c2ccc3c(c2)c2ccccc2n3-c2ccc(-c3cccc(-c4ccccc4)c3)cc2)C1. The number of benzene rings is 7. The van der Waals surface area contributed by atoms with Crippen LogP contribution in [0.3, 0.4) is 0 Å². The summed E-state index contributed by atoms with van der Waals surface area (Å²) in [6.07, 6.45) is 5.51. The van der Waals surface area contributed by atoms with Crippen molar-refractivity contribution in [1.29, 1.82) is 5.26 Å². The Balaban J connectivity index is 1.03. The lowest BCUT2D eigenvalue weighted by atomic mass is 9.86. The lowest BCUT2D eigenvalue weighted by Crippen LogP contribution is -2.07. The average Bonchev–Trinajstić information content (AvgIpc) is 3.73. The molecule has 244 valence electrons. The molecule has 0 bridgehead atoms. The average molecular weight is 664 g/mol. The van der Waals surface area contributed by atoms with Gasteiger partial charge in [0.2, 0.25) is 0 Å². The van der Waals surface area contributed by atoms with E-state index in [1.165, 1.54) is 60.9 Å². The Labute approximate surface area is 302 Å². The van der Waals surface area contributed by atoms with Crippen molar-refractivity contribution in [3.8, 4) is 39.7 Å². The maximum Gasteiger partial charge on any atom is 0.0991 e. The third-order valence-corrected chi connectivity index (χ3v) is 10.7. The van der Waals surface area contributed by atoms with E-state index in [1.807, 2.05) is 6.07 Å². The summed E-state index contributed by atoms with van der Waals surface area (Å²) in [6.45, 7) is 0. The van der Waals surface area contributed by atoms with Crippen LogP contribution in [0.5, 0.6) is 0 Å². The molecule has 2 aromatic heterocycles. The molecule has 0 aliphatic heterocycles. The molecule has 1 aliphatic rings. The van der Waals surface area contributed by atoms with Crippen molar-refractivity contribution < 1.29 is 0 Å². The third-order valence-electron chi connectivity index (χ3n) is 10.7. The van der Waals surface area contributed by atoms with Gasteiger partial charge in [-0.15, -0.1) is 0 Å².